The summed E-state index contributed by atoms with van der Waals surface area (Å²) >= 11 is 9.44. The maximum Gasteiger partial charge on any atom is 0.252 e. The van der Waals surface area contributed by atoms with E-state index in [4.69, 9.17) is 11.6 Å². The Morgan fingerprint density at radius 3 is 2.54 bits per heavy atom. The lowest BCUT2D eigenvalue weighted by atomic mass is 10.1. The smallest absolute Gasteiger partial charge is 0.252 e. The average molecular weight is 408 g/mol. The van der Waals surface area contributed by atoms with Crippen molar-refractivity contribution >= 4 is 39.1 Å². The SMILES string of the molecule is O=C(NCCc1ccc(N2CCCC2)cc1)c1cc(Br)ccc1Cl. The molecule has 0 unspecified atom stereocenters. The molecule has 0 aliphatic carbocycles. The highest BCUT2D eigenvalue weighted by molar-refractivity contribution is 9.10. The summed E-state index contributed by atoms with van der Waals surface area (Å²) in [4.78, 5) is 14.6. The van der Waals surface area contributed by atoms with Crippen molar-refractivity contribution in [1.29, 1.82) is 0 Å². The Hall–Kier alpha value is -1.52. The van der Waals surface area contributed by atoms with E-state index in [9.17, 15) is 4.79 Å². The zero-order valence-corrected chi connectivity index (χ0v) is 15.7. The molecule has 0 saturated carbocycles. The standard InChI is InChI=1S/C19H20BrClN2O/c20-15-5-8-18(21)17(13-15)19(24)22-10-9-14-3-6-16(7-4-14)23-11-1-2-12-23/h3-8,13H,1-2,9-12H2,(H,22,24). The molecule has 1 fully saturated rings. The van der Waals surface area contributed by atoms with Crippen LogP contribution in [0.3, 0.4) is 0 Å². The topological polar surface area (TPSA) is 32.3 Å². The average Bonchev–Trinajstić information content (AvgIpc) is 3.12. The van der Waals surface area contributed by atoms with Crippen LogP contribution in [-0.2, 0) is 6.42 Å². The number of amides is 1. The summed E-state index contributed by atoms with van der Waals surface area (Å²) in [6.45, 7) is 2.90. The Balaban J connectivity index is 1.52. The first kappa shape index (κ1) is 17.3. The van der Waals surface area contributed by atoms with E-state index in [2.05, 4.69) is 50.4 Å². The van der Waals surface area contributed by atoms with Crippen molar-refractivity contribution in [3.63, 3.8) is 0 Å². The number of carbonyl (C=O) groups is 1. The third-order valence-corrected chi connectivity index (χ3v) is 5.10. The summed E-state index contributed by atoms with van der Waals surface area (Å²) in [6, 6.07) is 13.9. The van der Waals surface area contributed by atoms with Crippen molar-refractivity contribution in [3.05, 3.63) is 63.1 Å². The summed E-state index contributed by atoms with van der Waals surface area (Å²) < 4.78 is 0.842. The molecule has 1 N–H and O–H groups in total. The number of halogens is 2. The summed E-state index contributed by atoms with van der Waals surface area (Å²) in [7, 11) is 0. The third kappa shape index (κ3) is 4.31. The molecule has 3 nitrogen and oxygen atoms in total. The molecule has 1 amide bonds. The Morgan fingerprint density at radius 1 is 1.12 bits per heavy atom. The fourth-order valence-corrected chi connectivity index (χ4v) is 3.50. The maximum absolute atomic E-state index is 12.2. The van der Waals surface area contributed by atoms with Crippen LogP contribution in [0.4, 0.5) is 5.69 Å². The number of nitrogens with one attached hydrogen (secondary N) is 1. The van der Waals surface area contributed by atoms with Crippen LogP contribution in [0.1, 0.15) is 28.8 Å². The molecule has 24 heavy (non-hydrogen) atoms. The van der Waals surface area contributed by atoms with Crippen molar-refractivity contribution < 1.29 is 4.79 Å². The third-order valence-electron chi connectivity index (χ3n) is 4.28. The van der Waals surface area contributed by atoms with Gasteiger partial charge in [0.15, 0.2) is 0 Å². The largest absolute Gasteiger partial charge is 0.372 e. The monoisotopic (exact) mass is 406 g/mol. The van der Waals surface area contributed by atoms with Crippen LogP contribution in [0.25, 0.3) is 0 Å². The molecular formula is C19H20BrClN2O. The normalized spacial score (nSPS) is 14.0. The van der Waals surface area contributed by atoms with Gasteiger partial charge in [-0.05, 0) is 55.2 Å². The van der Waals surface area contributed by atoms with E-state index in [1.807, 2.05) is 6.07 Å². The number of carbonyl (C=O) groups excluding carboxylic acids is 1. The predicted octanol–water partition coefficient (Wildman–Crippen LogP) is 4.68. The van der Waals surface area contributed by atoms with Gasteiger partial charge in [-0.2, -0.15) is 0 Å². The summed E-state index contributed by atoms with van der Waals surface area (Å²) in [5, 5.41) is 3.39. The van der Waals surface area contributed by atoms with Gasteiger partial charge in [-0.15, -0.1) is 0 Å². The predicted molar refractivity (Wildman–Crippen MR) is 103 cm³/mol. The first-order chi connectivity index (χ1) is 11.6. The van der Waals surface area contributed by atoms with Crippen LogP contribution in [0, 0.1) is 0 Å². The Morgan fingerprint density at radius 2 is 1.83 bits per heavy atom. The molecule has 3 rings (SSSR count). The Labute approximate surface area is 156 Å². The van der Waals surface area contributed by atoms with Gasteiger partial charge in [0, 0.05) is 29.8 Å². The summed E-state index contributed by atoms with van der Waals surface area (Å²) in [5.74, 6) is -0.144. The molecular weight excluding hydrogens is 388 g/mol. The van der Waals surface area contributed by atoms with Crippen molar-refractivity contribution in [2.75, 3.05) is 24.5 Å². The molecule has 0 radical (unpaired) electrons. The zero-order valence-electron chi connectivity index (χ0n) is 13.4. The lowest BCUT2D eigenvalue weighted by molar-refractivity contribution is 0.0954. The van der Waals surface area contributed by atoms with Crippen LogP contribution in [-0.4, -0.2) is 25.5 Å². The summed E-state index contributed by atoms with van der Waals surface area (Å²) in [5.41, 5.74) is 3.01. The molecule has 2 aromatic carbocycles. The van der Waals surface area contributed by atoms with E-state index in [-0.39, 0.29) is 5.91 Å². The highest BCUT2D eigenvalue weighted by atomic mass is 79.9. The van der Waals surface area contributed by atoms with E-state index < -0.39 is 0 Å². The van der Waals surface area contributed by atoms with Gasteiger partial charge in [0.1, 0.15) is 0 Å². The first-order valence-corrected chi connectivity index (χ1v) is 9.38. The fraction of sp³-hybridized carbons (Fsp3) is 0.316. The molecule has 0 aromatic heterocycles. The van der Waals surface area contributed by atoms with Gasteiger partial charge >= 0.3 is 0 Å². The summed E-state index contributed by atoms with van der Waals surface area (Å²) in [6.07, 6.45) is 3.37. The lowest BCUT2D eigenvalue weighted by Crippen LogP contribution is -2.26. The zero-order chi connectivity index (χ0) is 16.9. The number of benzene rings is 2. The van der Waals surface area contributed by atoms with Crippen LogP contribution < -0.4 is 10.2 Å². The number of hydrogen-bond acceptors (Lipinski definition) is 2. The fourth-order valence-electron chi connectivity index (χ4n) is 2.94. The molecule has 2 aromatic rings. The minimum atomic E-state index is -0.144. The Kier molecular flexibility index (Phi) is 5.80. The van der Waals surface area contributed by atoms with Gasteiger partial charge in [-0.1, -0.05) is 39.7 Å². The highest BCUT2D eigenvalue weighted by Gasteiger charge is 2.12. The number of anilines is 1. The molecule has 1 aliphatic heterocycles. The van der Waals surface area contributed by atoms with Crippen molar-refractivity contribution in [3.8, 4) is 0 Å². The van der Waals surface area contributed by atoms with E-state index in [0.29, 0.717) is 17.1 Å². The number of rotatable bonds is 5. The van der Waals surface area contributed by atoms with Gasteiger partial charge in [0.05, 0.1) is 10.6 Å². The number of hydrogen-bond donors (Lipinski definition) is 1. The molecule has 0 atom stereocenters. The molecule has 5 heteroatoms. The van der Waals surface area contributed by atoms with Crippen LogP contribution in [0.5, 0.6) is 0 Å². The van der Waals surface area contributed by atoms with Crippen molar-refractivity contribution in [1.82, 2.24) is 5.32 Å². The van der Waals surface area contributed by atoms with Gasteiger partial charge in [-0.3, -0.25) is 4.79 Å². The van der Waals surface area contributed by atoms with Gasteiger partial charge in [0.25, 0.3) is 5.91 Å². The second-order valence-electron chi connectivity index (χ2n) is 5.99. The van der Waals surface area contributed by atoms with E-state index in [1.165, 1.54) is 24.1 Å². The molecule has 0 bridgehead atoms. The van der Waals surface area contributed by atoms with Gasteiger partial charge in [0.2, 0.25) is 0 Å². The second-order valence-corrected chi connectivity index (χ2v) is 7.31. The van der Waals surface area contributed by atoms with Crippen molar-refractivity contribution in [2.45, 2.75) is 19.3 Å². The highest BCUT2D eigenvalue weighted by Crippen LogP contribution is 2.22. The molecule has 1 aliphatic rings. The first-order valence-electron chi connectivity index (χ1n) is 8.20. The maximum atomic E-state index is 12.2. The molecule has 1 saturated heterocycles. The Bertz CT molecular complexity index is 712. The van der Waals surface area contributed by atoms with E-state index in [0.717, 1.165) is 24.0 Å². The van der Waals surface area contributed by atoms with Crippen LogP contribution >= 0.6 is 27.5 Å². The molecule has 126 valence electrons. The van der Waals surface area contributed by atoms with E-state index in [1.54, 1.807) is 12.1 Å². The minimum Gasteiger partial charge on any atom is -0.372 e. The second kappa shape index (κ2) is 8.04. The van der Waals surface area contributed by atoms with Gasteiger partial charge in [-0.25, -0.2) is 0 Å². The number of nitrogens with zero attached hydrogens (tertiary/aromatic N) is 1. The lowest BCUT2D eigenvalue weighted by Gasteiger charge is -2.17. The molecule has 0 spiro atoms. The van der Waals surface area contributed by atoms with Crippen LogP contribution in [0.2, 0.25) is 5.02 Å². The van der Waals surface area contributed by atoms with Crippen molar-refractivity contribution in [2.24, 2.45) is 0 Å². The van der Waals surface area contributed by atoms with Crippen LogP contribution in [0.15, 0.2) is 46.9 Å². The molecule has 1 heterocycles. The minimum absolute atomic E-state index is 0.144. The quantitative estimate of drug-likeness (QED) is 0.781. The van der Waals surface area contributed by atoms with E-state index >= 15 is 0 Å². The van der Waals surface area contributed by atoms with Gasteiger partial charge < -0.3 is 10.2 Å².